The zero-order valence-corrected chi connectivity index (χ0v) is 24.4. The van der Waals surface area contributed by atoms with Gasteiger partial charge in [0.1, 0.15) is 23.5 Å². The van der Waals surface area contributed by atoms with Crippen molar-refractivity contribution in [2.75, 3.05) is 0 Å². The van der Waals surface area contributed by atoms with E-state index in [1.165, 1.54) is 10.8 Å². The molecule has 0 aliphatic carbocycles. The SMILES string of the molecule is N#Cc1cc(-c2cccc(-c3ccc4c5ccccc5c5ccc(-c6cccc(-c7ccnc(C#N)c7)n6)cc5c4c3)n2)ccn1. The van der Waals surface area contributed by atoms with E-state index in [-0.39, 0.29) is 0 Å². The van der Waals surface area contributed by atoms with Crippen molar-refractivity contribution in [3.8, 4) is 57.2 Å². The summed E-state index contributed by atoms with van der Waals surface area (Å²) < 4.78 is 0. The van der Waals surface area contributed by atoms with Gasteiger partial charge in [-0.1, -0.05) is 60.7 Å². The molecular formula is C40H22N6. The molecule has 0 fully saturated rings. The Labute approximate surface area is 264 Å². The summed E-state index contributed by atoms with van der Waals surface area (Å²) in [7, 11) is 0. The number of hydrogen-bond donors (Lipinski definition) is 0. The molecule has 0 radical (unpaired) electrons. The van der Waals surface area contributed by atoms with Crippen molar-refractivity contribution in [3.63, 3.8) is 0 Å². The smallest absolute Gasteiger partial charge is 0.141 e. The quantitative estimate of drug-likeness (QED) is 0.191. The Kier molecular flexibility index (Phi) is 6.45. The molecule has 212 valence electrons. The highest BCUT2D eigenvalue weighted by Crippen LogP contribution is 2.39. The maximum atomic E-state index is 9.33. The highest BCUT2D eigenvalue weighted by Gasteiger charge is 2.13. The van der Waals surface area contributed by atoms with Crippen molar-refractivity contribution in [2.24, 2.45) is 0 Å². The first-order chi connectivity index (χ1) is 22.7. The molecule has 6 nitrogen and oxygen atoms in total. The number of hydrogen-bond acceptors (Lipinski definition) is 6. The first-order valence-electron chi connectivity index (χ1n) is 14.7. The van der Waals surface area contributed by atoms with Gasteiger partial charge in [-0.15, -0.1) is 0 Å². The molecule has 8 rings (SSSR count). The number of fused-ring (bicyclic) bond motifs is 6. The fraction of sp³-hybridized carbons (Fsp3) is 0. The van der Waals surface area contributed by atoms with Gasteiger partial charge >= 0.3 is 0 Å². The van der Waals surface area contributed by atoms with Gasteiger partial charge in [0.05, 0.1) is 22.8 Å². The van der Waals surface area contributed by atoms with Gasteiger partial charge in [-0.05, 0) is 93.0 Å². The Bertz CT molecular complexity index is 2400. The second kappa shape index (κ2) is 11.1. The summed E-state index contributed by atoms with van der Waals surface area (Å²) >= 11 is 0. The molecule has 0 aliphatic heterocycles. The van der Waals surface area contributed by atoms with E-state index in [2.05, 4.69) is 82.8 Å². The molecule has 0 unspecified atom stereocenters. The molecule has 8 aromatic rings. The summed E-state index contributed by atoms with van der Waals surface area (Å²) in [5.41, 5.74) is 7.66. The minimum atomic E-state index is 0.359. The van der Waals surface area contributed by atoms with Crippen LogP contribution in [0.4, 0.5) is 0 Å². The van der Waals surface area contributed by atoms with Crippen molar-refractivity contribution >= 4 is 32.3 Å². The van der Waals surface area contributed by atoms with E-state index >= 15 is 0 Å². The Balaban J connectivity index is 1.30. The third-order valence-corrected chi connectivity index (χ3v) is 8.27. The number of nitriles is 2. The largest absolute Gasteiger partial charge is 0.248 e. The van der Waals surface area contributed by atoms with Gasteiger partial charge in [0.2, 0.25) is 0 Å². The molecule has 0 spiro atoms. The van der Waals surface area contributed by atoms with Crippen molar-refractivity contribution in [3.05, 3.63) is 145 Å². The third kappa shape index (κ3) is 4.68. The van der Waals surface area contributed by atoms with Crippen molar-refractivity contribution in [1.29, 1.82) is 10.5 Å². The van der Waals surface area contributed by atoms with Crippen LogP contribution >= 0.6 is 0 Å². The first-order valence-corrected chi connectivity index (χ1v) is 14.7. The fourth-order valence-corrected chi connectivity index (χ4v) is 6.09. The predicted molar refractivity (Wildman–Crippen MR) is 181 cm³/mol. The molecule has 6 heteroatoms. The monoisotopic (exact) mass is 586 g/mol. The molecular weight excluding hydrogens is 564 g/mol. The summed E-state index contributed by atoms with van der Waals surface area (Å²) in [6, 6.07) is 44.9. The summed E-state index contributed by atoms with van der Waals surface area (Å²) in [6.45, 7) is 0. The molecule has 4 aromatic carbocycles. The zero-order valence-electron chi connectivity index (χ0n) is 24.4. The maximum absolute atomic E-state index is 9.33. The highest BCUT2D eigenvalue weighted by molar-refractivity contribution is 6.26. The van der Waals surface area contributed by atoms with Crippen molar-refractivity contribution < 1.29 is 0 Å². The van der Waals surface area contributed by atoms with Gasteiger partial charge in [-0.2, -0.15) is 10.5 Å². The van der Waals surface area contributed by atoms with Crippen molar-refractivity contribution in [2.45, 2.75) is 0 Å². The van der Waals surface area contributed by atoms with E-state index in [4.69, 9.17) is 9.97 Å². The Morgan fingerprint density at radius 1 is 0.370 bits per heavy atom. The van der Waals surface area contributed by atoms with Gasteiger partial charge in [0.15, 0.2) is 0 Å². The van der Waals surface area contributed by atoms with Crippen LogP contribution in [0.3, 0.4) is 0 Å². The molecule has 0 saturated carbocycles. The number of pyridine rings is 4. The number of aromatic nitrogens is 4. The van der Waals surface area contributed by atoms with Crippen LogP contribution in [0, 0.1) is 22.7 Å². The minimum absolute atomic E-state index is 0.359. The summed E-state index contributed by atoms with van der Waals surface area (Å²) in [5, 5.41) is 25.6. The molecule has 0 amide bonds. The molecule has 0 bridgehead atoms. The Morgan fingerprint density at radius 3 is 1.17 bits per heavy atom. The normalized spacial score (nSPS) is 11.0. The molecule has 0 N–H and O–H groups in total. The van der Waals surface area contributed by atoms with E-state index in [0.717, 1.165) is 66.6 Å². The van der Waals surface area contributed by atoms with Crippen LogP contribution in [-0.2, 0) is 0 Å². The molecule has 0 saturated heterocycles. The van der Waals surface area contributed by atoms with Crippen LogP contribution in [0.1, 0.15) is 11.4 Å². The number of benzene rings is 4. The van der Waals surface area contributed by atoms with Crippen LogP contribution in [0.5, 0.6) is 0 Å². The lowest BCUT2D eigenvalue weighted by atomic mass is 9.91. The average Bonchev–Trinajstić information content (AvgIpc) is 3.14. The molecule has 0 aliphatic rings. The lowest BCUT2D eigenvalue weighted by Crippen LogP contribution is -1.92. The number of rotatable bonds is 4. The summed E-state index contributed by atoms with van der Waals surface area (Å²) in [5.74, 6) is 0. The molecule has 4 heterocycles. The second-order valence-electron chi connectivity index (χ2n) is 11.0. The topological polar surface area (TPSA) is 99.1 Å². The molecule has 0 atom stereocenters. The van der Waals surface area contributed by atoms with Crippen LogP contribution < -0.4 is 0 Å². The fourth-order valence-electron chi connectivity index (χ4n) is 6.09. The predicted octanol–water partition coefficient (Wildman–Crippen LogP) is 9.14. The third-order valence-electron chi connectivity index (χ3n) is 8.27. The number of nitrogens with zero attached hydrogens (tertiary/aromatic N) is 6. The summed E-state index contributed by atoms with van der Waals surface area (Å²) in [4.78, 5) is 18.2. The summed E-state index contributed by atoms with van der Waals surface area (Å²) in [6.07, 6.45) is 3.27. The second-order valence-corrected chi connectivity index (χ2v) is 11.0. The van der Waals surface area contributed by atoms with E-state index in [0.29, 0.717) is 11.4 Å². The van der Waals surface area contributed by atoms with Gasteiger partial charge in [0, 0.05) is 34.6 Å². The lowest BCUT2D eigenvalue weighted by molar-refractivity contribution is 1.25. The van der Waals surface area contributed by atoms with Crippen molar-refractivity contribution in [1.82, 2.24) is 19.9 Å². The molecule has 4 aromatic heterocycles. The Hall–Kier alpha value is -6.76. The van der Waals surface area contributed by atoms with E-state index < -0.39 is 0 Å². The first kappa shape index (κ1) is 26.8. The van der Waals surface area contributed by atoms with Crippen LogP contribution in [0.15, 0.2) is 134 Å². The minimum Gasteiger partial charge on any atom is -0.248 e. The Morgan fingerprint density at radius 2 is 0.761 bits per heavy atom. The van der Waals surface area contributed by atoms with Gasteiger partial charge in [-0.3, -0.25) is 0 Å². The van der Waals surface area contributed by atoms with Gasteiger partial charge < -0.3 is 0 Å². The standard InChI is InChI=1S/C40H22N6/c41-23-29-19-27(15-17-43-29)39-9-3-7-37(45-39)25-11-13-33-31-5-1-2-6-32(31)34-14-12-26(22-36(34)35(33)21-25)38-8-4-10-40(46-38)28-16-18-44-30(20-28)24-42/h1-22H. The van der Waals surface area contributed by atoms with E-state index in [9.17, 15) is 10.5 Å². The van der Waals surface area contributed by atoms with Gasteiger partial charge in [-0.25, -0.2) is 19.9 Å². The van der Waals surface area contributed by atoms with E-state index in [1.807, 2.05) is 48.5 Å². The molecule has 46 heavy (non-hydrogen) atoms. The lowest BCUT2D eigenvalue weighted by Gasteiger charge is -2.14. The van der Waals surface area contributed by atoms with Crippen LogP contribution in [-0.4, -0.2) is 19.9 Å². The zero-order chi connectivity index (χ0) is 31.0. The van der Waals surface area contributed by atoms with Gasteiger partial charge in [0.25, 0.3) is 0 Å². The van der Waals surface area contributed by atoms with Crippen LogP contribution in [0.2, 0.25) is 0 Å². The maximum Gasteiger partial charge on any atom is 0.141 e. The van der Waals surface area contributed by atoms with Crippen LogP contribution in [0.25, 0.3) is 77.3 Å². The highest BCUT2D eigenvalue weighted by atomic mass is 14.7. The average molecular weight is 587 g/mol. The van der Waals surface area contributed by atoms with E-state index in [1.54, 1.807) is 24.5 Å².